The van der Waals surface area contributed by atoms with E-state index >= 15 is 0 Å². The Hall–Kier alpha value is -3.36. The number of likely N-dealkylation sites (N-methyl/N-ethyl adjacent to an activating group) is 1. The minimum absolute atomic E-state index is 0.163. The van der Waals surface area contributed by atoms with Crippen LogP contribution in [0.4, 0.5) is 28.8 Å². The van der Waals surface area contributed by atoms with Crippen LogP contribution < -0.4 is 26.2 Å². The second-order valence-corrected chi connectivity index (χ2v) is 8.67. The Kier molecular flexibility index (Phi) is 7.49. The summed E-state index contributed by atoms with van der Waals surface area (Å²) < 4.78 is 0. The van der Waals surface area contributed by atoms with Gasteiger partial charge in [0.2, 0.25) is 5.95 Å². The standard InChI is InChI=1S/C25H30ClN7O/c1-4-28-24(34)19-7-5-6-8-22(19)30-23-20(26)14-29-25(32-23)31-21-10-9-18(13-16(21)2)33-12-11-17(15-33)27-3/h5-10,13-14,17,27H,4,11-12,15H2,1-3H3,(H,28,34)(H2,29,30,31,32)/t17-/m0/s1. The van der Waals surface area contributed by atoms with Crippen LogP contribution in [0.15, 0.2) is 48.7 Å². The van der Waals surface area contributed by atoms with Crippen LogP contribution >= 0.6 is 11.6 Å². The molecule has 178 valence electrons. The first-order valence-corrected chi connectivity index (χ1v) is 11.8. The van der Waals surface area contributed by atoms with Gasteiger partial charge >= 0.3 is 0 Å². The normalized spacial score (nSPS) is 15.3. The predicted molar refractivity (Wildman–Crippen MR) is 139 cm³/mol. The number of amides is 1. The molecule has 2 heterocycles. The molecule has 9 heteroatoms. The molecule has 0 saturated carbocycles. The molecule has 4 rings (SSSR count). The van der Waals surface area contributed by atoms with E-state index in [0.29, 0.717) is 40.6 Å². The van der Waals surface area contributed by atoms with Crippen LogP contribution in [0.2, 0.25) is 5.02 Å². The Morgan fingerprint density at radius 3 is 2.74 bits per heavy atom. The number of carbonyl (C=O) groups excluding carboxylic acids is 1. The zero-order valence-electron chi connectivity index (χ0n) is 19.7. The second kappa shape index (κ2) is 10.7. The molecule has 0 bridgehead atoms. The van der Waals surface area contributed by atoms with Gasteiger partial charge in [0.1, 0.15) is 5.02 Å². The monoisotopic (exact) mass is 479 g/mol. The molecule has 0 radical (unpaired) electrons. The summed E-state index contributed by atoms with van der Waals surface area (Å²) in [5.74, 6) is 0.666. The van der Waals surface area contributed by atoms with Gasteiger partial charge in [-0.1, -0.05) is 23.7 Å². The van der Waals surface area contributed by atoms with Gasteiger partial charge in [-0.3, -0.25) is 4.79 Å². The molecule has 1 amide bonds. The molecule has 1 aliphatic heterocycles. The van der Waals surface area contributed by atoms with E-state index in [0.717, 1.165) is 30.8 Å². The zero-order valence-corrected chi connectivity index (χ0v) is 20.4. The molecule has 0 spiro atoms. The molecule has 0 unspecified atom stereocenters. The van der Waals surface area contributed by atoms with Gasteiger partial charge in [-0.25, -0.2) is 4.98 Å². The average Bonchev–Trinajstić information content (AvgIpc) is 3.32. The number of nitrogens with zero attached hydrogens (tertiary/aromatic N) is 3. The predicted octanol–water partition coefficient (Wildman–Crippen LogP) is 4.47. The van der Waals surface area contributed by atoms with E-state index in [-0.39, 0.29) is 5.91 Å². The molecule has 1 saturated heterocycles. The molecule has 3 aromatic rings. The van der Waals surface area contributed by atoms with Crippen LogP contribution in [0.5, 0.6) is 0 Å². The molecular weight excluding hydrogens is 450 g/mol. The number of hydrogen-bond donors (Lipinski definition) is 4. The summed E-state index contributed by atoms with van der Waals surface area (Å²) in [6.07, 6.45) is 2.69. The Labute approximate surface area is 205 Å². The lowest BCUT2D eigenvalue weighted by atomic mass is 10.1. The number of benzene rings is 2. The van der Waals surface area contributed by atoms with Crippen molar-refractivity contribution in [2.24, 2.45) is 0 Å². The maximum absolute atomic E-state index is 12.4. The summed E-state index contributed by atoms with van der Waals surface area (Å²) >= 11 is 6.36. The van der Waals surface area contributed by atoms with Crippen LogP contribution in [0, 0.1) is 6.92 Å². The van der Waals surface area contributed by atoms with E-state index in [1.807, 2.05) is 38.2 Å². The summed E-state index contributed by atoms with van der Waals surface area (Å²) in [7, 11) is 2.01. The third kappa shape index (κ3) is 5.40. The van der Waals surface area contributed by atoms with Gasteiger partial charge in [-0.15, -0.1) is 0 Å². The molecule has 0 aliphatic carbocycles. The quantitative estimate of drug-likeness (QED) is 0.378. The van der Waals surface area contributed by atoms with Crippen molar-refractivity contribution < 1.29 is 4.79 Å². The van der Waals surface area contributed by atoms with Gasteiger partial charge in [0, 0.05) is 37.1 Å². The summed E-state index contributed by atoms with van der Waals surface area (Å²) in [4.78, 5) is 23.7. The van der Waals surface area contributed by atoms with Crippen LogP contribution in [-0.4, -0.2) is 48.6 Å². The number of aromatic nitrogens is 2. The molecule has 8 nitrogen and oxygen atoms in total. The lowest BCUT2D eigenvalue weighted by molar-refractivity contribution is 0.0956. The number of nitrogens with one attached hydrogen (secondary N) is 4. The molecule has 34 heavy (non-hydrogen) atoms. The van der Waals surface area contributed by atoms with E-state index in [1.165, 1.54) is 5.69 Å². The van der Waals surface area contributed by atoms with E-state index < -0.39 is 0 Å². The fourth-order valence-corrected chi connectivity index (χ4v) is 4.16. The van der Waals surface area contributed by atoms with Gasteiger partial charge in [-0.2, -0.15) is 4.98 Å². The highest BCUT2D eigenvalue weighted by Gasteiger charge is 2.21. The van der Waals surface area contributed by atoms with Gasteiger partial charge in [0.05, 0.1) is 17.4 Å². The van der Waals surface area contributed by atoms with Crippen molar-refractivity contribution in [3.05, 3.63) is 64.8 Å². The summed E-state index contributed by atoms with van der Waals surface area (Å²) in [6.45, 7) is 6.54. The average molecular weight is 480 g/mol. The van der Waals surface area contributed by atoms with Crippen LogP contribution in [0.1, 0.15) is 29.3 Å². The van der Waals surface area contributed by atoms with Crippen molar-refractivity contribution >= 4 is 46.3 Å². The van der Waals surface area contributed by atoms with Crippen molar-refractivity contribution in [1.82, 2.24) is 20.6 Å². The molecule has 1 fully saturated rings. The molecule has 1 atom stereocenters. The molecular formula is C25H30ClN7O. The maximum Gasteiger partial charge on any atom is 0.253 e. The van der Waals surface area contributed by atoms with E-state index in [4.69, 9.17) is 11.6 Å². The number of halogens is 1. The minimum atomic E-state index is -0.163. The van der Waals surface area contributed by atoms with Crippen LogP contribution in [-0.2, 0) is 0 Å². The maximum atomic E-state index is 12.4. The highest BCUT2D eigenvalue weighted by molar-refractivity contribution is 6.33. The first-order valence-electron chi connectivity index (χ1n) is 11.4. The molecule has 4 N–H and O–H groups in total. The number of aryl methyl sites for hydroxylation is 1. The number of para-hydroxylation sites is 1. The minimum Gasteiger partial charge on any atom is -0.370 e. The third-order valence-corrected chi connectivity index (χ3v) is 6.20. The van der Waals surface area contributed by atoms with Crippen molar-refractivity contribution in [2.45, 2.75) is 26.3 Å². The van der Waals surface area contributed by atoms with Crippen LogP contribution in [0.3, 0.4) is 0 Å². The van der Waals surface area contributed by atoms with E-state index in [9.17, 15) is 4.79 Å². The number of hydrogen-bond acceptors (Lipinski definition) is 7. The smallest absolute Gasteiger partial charge is 0.253 e. The topological polar surface area (TPSA) is 94.2 Å². The summed E-state index contributed by atoms with van der Waals surface area (Å²) in [6, 6.07) is 14.1. The Morgan fingerprint density at radius 1 is 1.18 bits per heavy atom. The third-order valence-electron chi connectivity index (χ3n) is 5.92. The Morgan fingerprint density at radius 2 is 2.00 bits per heavy atom. The van der Waals surface area contributed by atoms with Crippen LogP contribution in [0.25, 0.3) is 0 Å². The SMILES string of the molecule is CCNC(=O)c1ccccc1Nc1nc(Nc2ccc(N3CC[C@H](NC)C3)cc2C)ncc1Cl. The highest BCUT2D eigenvalue weighted by Crippen LogP contribution is 2.29. The van der Waals surface area contributed by atoms with E-state index in [2.05, 4.69) is 55.2 Å². The molecule has 2 aromatic carbocycles. The van der Waals surface area contributed by atoms with Crippen molar-refractivity contribution in [2.75, 3.05) is 42.2 Å². The summed E-state index contributed by atoms with van der Waals surface area (Å²) in [5.41, 5.74) is 4.36. The second-order valence-electron chi connectivity index (χ2n) is 8.26. The molecule has 1 aliphatic rings. The van der Waals surface area contributed by atoms with Gasteiger partial charge in [0.15, 0.2) is 5.82 Å². The summed E-state index contributed by atoms with van der Waals surface area (Å²) in [5, 5.41) is 13.0. The lowest BCUT2D eigenvalue weighted by Crippen LogP contribution is -2.29. The molecule has 1 aromatic heterocycles. The Balaban J connectivity index is 1.52. The fraction of sp³-hybridized carbons (Fsp3) is 0.320. The van der Waals surface area contributed by atoms with Crippen molar-refractivity contribution in [1.29, 1.82) is 0 Å². The number of carbonyl (C=O) groups is 1. The Bertz CT molecular complexity index is 1170. The van der Waals surface area contributed by atoms with Gasteiger partial charge < -0.3 is 26.2 Å². The van der Waals surface area contributed by atoms with Crippen molar-refractivity contribution in [3.8, 4) is 0 Å². The number of rotatable bonds is 8. The van der Waals surface area contributed by atoms with Gasteiger partial charge in [-0.05, 0) is 63.2 Å². The van der Waals surface area contributed by atoms with Crippen molar-refractivity contribution in [3.63, 3.8) is 0 Å². The first kappa shape index (κ1) is 23.8. The largest absolute Gasteiger partial charge is 0.370 e. The zero-order chi connectivity index (χ0) is 24.1. The highest BCUT2D eigenvalue weighted by atomic mass is 35.5. The van der Waals surface area contributed by atoms with Gasteiger partial charge in [0.25, 0.3) is 5.91 Å². The first-order chi connectivity index (χ1) is 16.5. The van der Waals surface area contributed by atoms with E-state index in [1.54, 1.807) is 12.3 Å². The fourth-order valence-electron chi connectivity index (χ4n) is 4.02. The lowest BCUT2D eigenvalue weighted by Gasteiger charge is -2.20. The number of anilines is 5.